The molecule has 0 bridgehead atoms. The fourth-order valence-corrected chi connectivity index (χ4v) is 11.3. The van der Waals surface area contributed by atoms with Gasteiger partial charge in [0.15, 0.2) is 0 Å². The summed E-state index contributed by atoms with van der Waals surface area (Å²) in [4.78, 5) is 0. The summed E-state index contributed by atoms with van der Waals surface area (Å²) in [5.41, 5.74) is 6.35. The van der Waals surface area contributed by atoms with Crippen molar-refractivity contribution in [3.8, 4) is 11.1 Å². The Hall–Kier alpha value is -2.60. The molecule has 254 valence electrons. The van der Waals surface area contributed by atoms with Crippen molar-refractivity contribution in [3.63, 3.8) is 0 Å². The zero-order valence-electron chi connectivity index (χ0n) is 29.9. The monoisotopic (exact) mass is 638 g/mol. The number of hydrogen-bond donors (Lipinski definition) is 0. The van der Waals surface area contributed by atoms with E-state index in [1.54, 1.807) is 22.3 Å². The van der Waals surface area contributed by atoms with Gasteiger partial charge in [0.2, 0.25) is 0 Å². The summed E-state index contributed by atoms with van der Waals surface area (Å²) in [6, 6.07) is 28.5. The molecule has 4 fully saturated rings. The van der Waals surface area contributed by atoms with Crippen LogP contribution in [-0.4, -0.2) is 0 Å². The Bertz CT molecular complexity index is 1490. The third-order valence-electron chi connectivity index (χ3n) is 14.0. The van der Waals surface area contributed by atoms with Gasteiger partial charge in [-0.25, -0.2) is 0 Å². The largest absolute Gasteiger partial charge is 0.0616 e. The van der Waals surface area contributed by atoms with Crippen LogP contribution in [0.5, 0.6) is 0 Å². The summed E-state index contributed by atoms with van der Waals surface area (Å²) in [5.74, 6) is 5.69. The van der Waals surface area contributed by atoms with E-state index in [0.717, 1.165) is 35.5 Å². The smallest absolute Gasteiger partial charge is 0.00642 e. The number of hydrogen-bond acceptors (Lipinski definition) is 0. The first-order valence-electron chi connectivity index (χ1n) is 20.8. The molecule has 0 aliphatic heterocycles. The topological polar surface area (TPSA) is 0 Å². The lowest BCUT2D eigenvalue weighted by atomic mass is 9.72. The summed E-state index contributed by atoms with van der Waals surface area (Å²) in [7, 11) is 0. The highest BCUT2D eigenvalue weighted by molar-refractivity contribution is 6.07. The van der Waals surface area contributed by atoms with Gasteiger partial charge in [-0.3, -0.25) is 0 Å². The van der Waals surface area contributed by atoms with Gasteiger partial charge < -0.3 is 0 Å². The number of fused-ring (bicyclic) bond motifs is 2. The average Bonchev–Trinajstić information content (AvgIpc) is 3.14. The van der Waals surface area contributed by atoms with Crippen molar-refractivity contribution in [1.29, 1.82) is 0 Å². The second-order valence-electron chi connectivity index (χ2n) is 17.3. The summed E-state index contributed by atoms with van der Waals surface area (Å²) in [6.07, 6.45) is 32.1. The molecule has 0 N–H and O–H groups in total. The van der Waals surface area contributed by atoms with Crippen LogP contribution in [-0.2, 0) is 12.8 Å². The third kappa shape index (κ3) is 7.59. The summed E-state index contributed by atoms with van der Waals surface area (Å²) < 4.78 is 0. The molecule has 0 unspecified atom stereocenters. The Labute approximate surface area is 292 Å². The Balaban J connectivity index is 1.05. The minimum atomic E-state index is 0.824. The molecule has 0 saturated heterocycles. The third-order valence-corrected chi connectivity index (χ3v) is 14.0. The zero-order chi connectivity index (χ0) is 32.1. The van der Waals surface area contributed by atoms with E-state index in [1.807, 2.05) is 0 Å². The highest BCUT2D eigenvalue weighted by Gasteiger charge is 2.28. The van der Waals surface area contributed by atoms with Gasteiger partial charge in [0.1, 0.15) is 0 Å². The molecule has 48 heavy (non-hydrogen) atoms. The zero-order valence-corrected chi connectivity index (χ0v) is 29.9. The molecular formula is C48H62. The van der Waals surface area contributed by atoms with Crippen LogP contribution >= 0.6 is 0 Å². The molecule has 0 heteroatoms. The first-order valence-corrected chi connectivity index (χ1v) is 20.8. The van der Waals surface area contributed by atoms with Gasteiger partial charge in [0, 0.05) is 0 Å². The van der Waals surface area contributed by atoms with E-state index < -0.39 is 0 Å². The van der Waals surface area contributed by atoms with Crippen LogP contribution in [0.15, 0.2) is 72.8 Å². The van der Waals surface area contributed by atoms with Gasteiger partial charge in [-0.2, -0.15) is 0 Å². The van der Waals surface area contributed by atoms with Gasteiger partial charge in [0.25, 0.3) is 0 Å². The predicted molar refractivity (Wildman–Crippen MR) is 208 cm³/mol. The van der Waals surface area contributed by atoms with Crippen molar-refractivity contribution in [2.75, 3.05) is 0 Å². The molecule has 0 nitrogen and oxygen atoms in total. The van der Waals surface area contributed by atoms with E-state index in [4.69, 9.17) is 0 Å². The van der Waals surface area contributed by atoms with E-state index >= 15 is 0 Å². The quantitative estimate of drug-likeness (QED) is 0.171. The van der Waals surface area contributed by atoms with E-state index in [0.29, 0.717) is 0 Å². The first kappa shape index (κ1) is 32.6. The van der Waals surface area contributed by atoms with E-state index in [2.05, 4.69) is 72.8 Å². The van der Waals surface area contributed by atoms with Crippen molar-refractivity contribution in [2.45, 2.75) is 141 Å². The Kier molecular flexibility index (Phi) is 10.5. The normalized spacial score (nSPS) is 26.2. The van der Waals surface area contributed by atoms with Crippen molar-refractivity contribution < 1.29 is 0 Å². The van der Waals surface area contributed by atoms with Crippen molar-refractivity contribution >= 4 is 21.5 Å². The number of rotatable bonds is 9. The predicted octanol–water partition coefficient (Wildman–Crippen LogP) is 14.3. The maximum atomic E-state index is 2.54. The van der Waals surface area contributed by atoms with E-state index in [9.17, 15) is 0 Å². The molecule has 4 saturated carbocycles. The SMILES string of the molecule is c1ccc2c(-c3c(CC4CCC(CC5CCCCC5)CC4)ccc4ccccc34)c(CC3CCC(CC4CCCCC4)CC3)ccc2c1. The molecule has 4 aromatic carbocycles. The second-order valence-corrected chi connectivity index (χ2v) is 17.3. The van der Waals surface area contributed by atoms with Crippen LogP contribution in [0.4, 0.5) is 0 Å². The van der Waals surface area contributed by atoms with E-state index in [1.165, 1.54) is 163 Å². The lowest BCUT2D eigenvalue weighted by Gasteiger charge is -2.33. The molecule has 0 aromatic heterocycles. The molecule has 0 amide bonds. The van der Waals surface area contributed by atoms with Crippen LogP contribution in [0.25, 0.3) is 32.7 Å². The fraction of sp³-hybridized carbons (Fsp3) is 0.583. The standard InChI is InChI=1S/C48H62/c1-3-11-35(12-4-1)31-37-19-23-39(24-20-37)33-43-29-27-41-15-7-9-17-45(41)47(43)48-44(30-28-42-16-8-10-18-46(42)48)34-40-25-21-38(22-26-40)32-36-13-5-2-6-14-36/h7-10,15-18,27-30,35-40H,1-6,11-14,19-26,31-34H2. The van der Waals surface area contributed by atoms with E-state index in [-0.39, 0.29) is 0 Å². The minimum absolute atomic E-state index is 0.824. The molecule has 0 spiro atoms. The van der Waals surface area contributed by atoms with Gasteiger partial charge in [-0.15, -0.1) is 0 Å². The molecule has 0 heterocycles. The Morgan fingerprint density at radius 1 is 0.333 bits per heavy atom. The molecule has 4 aliphatic rings. The fourth-order valence-electron chi connectivity index (χ4n) is 11.3. The van der Waals surface area contributed by atoms with Gasteiger partial charge in [-0.05, 0) is 131 Å². The van der Waals surface area contributed by atoms with Crippen molar-refractivity contribution in [2.24, 2.45) is 35.5 Å². The molecular weight excluding hydrogens is 577 g/mol. The minimum Gasteiger partial charge on any atom is -0.0616 e. The van der Waals surface area contributed by atoms with Crippen molar-refractivity contribution in [3.05, 3.63) is 83.9 Å². The molecule has 4 aliphatic carbocycles. The summed E-state index contributed by atoms with van der Waals surface area (Å²) in [6.45, 7) is 0. The van der Waals surface area contributed by atoms with Crippen LogP contribution in [0, 0.1) is 35.5 Å². The van der Waals surface area contributed by atoms with Crippen LogP contribution in [0.3, 0.4) is 0 Å². The maximum Gasteiger partial charge on any atom is -0.00642 e. The average molecular weight is 639 g/mol. The lowest BCUT2D eigenvalue weighted by Crippen LogP contribution is -2.20. The Morgan fingerprint density at radius 3 is 1.10 bits per heavy atom. The van der Waals surface area contributed by atoms with Crippen LogP contribution in [0.2, 0.25) is 0 Å². The molecule has 0 atom stereocenters. The lowest BCUT2D eigenvalue weighted by molar-refractivity contribution is 0.211. The van der Waals surface area contributed by atoms with Gasteiger partial charge >= 0.3 is 0 Å². The first-order chi connectivity index (χ1) is 23.8. The van der Waals surface area contributed by atoms with Crippen LogP contribution < -0.4 is 0 Å². The highest BCUT2D eigenvalue weighted by atomic mass is 14.3. The maximum absolute atomic E-state index is 2.54. The summed E-state index contributed by atoms with van der Waals surface area (Å²) >= 11 is 0. The Morgan fingerprint density at radius 2 is 0.688 bits per heavy atom. The highest BCUT2D eigenvalue weighted by Crippen LogP contribution is 2.45. The molecule has 4 aromatic rings. The van der Waals surface area contributed by atoms with Crippen LogP contribution in [0.1, 0.15) is 140 Å². The van der Waals surface area contributed by atoms with Gasteiger partial charge in [-0.1, -0.05) is 163 Å². The summed E-state index contributed by atoms with van der Waals surface area (Å²) in [5, 5.41) is 5.73. The molecule has 8 rings (SSSR count). The van der Waals surface area contributed by atoms with Gasteiger partial charge in [0.05, 0.1) is 0 Å². The molecule has 0 radical (unpaired) electrons. The van der Waals surface area contributed by atoms with Crippen molar-refractivity contribution in [1.82, 2.24) is 0 Å². The number of benzene rings is 4. The second kappa shape index (κ2) is 15.5.